The minimum Gasteiger partial charge on any atom is -0.258 e. The van der Waals surface area contributed by atoms with E-state index in [0.717, 1.165) is 15.4 Å². The second-order valence-corrected chi connectivity index (χ2v) is 5.40. The number of halogens is 2. The van der Waals surface area contributed by atoms with Crippen LogP contribution in [-0.2, 0) is 0 Å². The standard InChI is InChI=1S/C12H7BrFNO2S/c13-11-3-1-2-4-12(11)18-10-6-8(14)5-9(7-10)15(16)17/h1-7H. The Morgan fingerprint density at radius 2 is 1.94 bits per heavy atom. The van der Waals surface area contributed by atoms with Crippen LogP contribution < -0.4 is 0 Å². The first kappa shape index (κ1) is 13.0. The number of hydrogen-bond acceptors (Lipinski definition) is 3. The average molecular weight is 328 g/mol. The van der Waals surface area contributed by atoms with Gasteiger partial charge in [-0.25, -0.2) is 4.39 Å². The van der Waals surface area contributed by atoms with E-state index in [1.165, 1.54) is 23.9 Å². The van der Waals surface area contributed by atoms with Crippen molar-refractivity contribution in [3.8, 4) is 0 Å². The normalized spacial score (nSPS) is 10.3. The van der Waals surface area contributed by atoms with Crippen LogP contribution in [0, 0.1) is 15.9 Å². The van der Waals surface area contributed by atoms with E-state index < -0.39 is 10.7 Å². The van der Waals surface area contributed by atoms with Crippen LogP contribution >= 0.6 is 27.7 Å². The number of nitro benzene ring substituents is 1. The molecule has 0 aliphatic heterocycles. The lowest BCUT2D eigenvalue weighted by atomic mass is 10.3. The first-order chi connectivity index (χ1) is 8.56. The van der Waals surface area contributed by atoms with Gasteiger partial charge in [0.25, 0.3) is 5.69 Å². The average Bonchev–Trinajstić information content (AvgIpc) is 2.31. The Morgan fingerprint density at radius 1 is 1.22 bits per heavy atom. The maximum atomic E-state index is 13.3. The molecule has 2 aromatic rings. The lowest BCUT2D eigenvalue weighted by molar-refractivity contribution is -0.385. The van der Waals surface area contributed by atoms with Gasteiger partial charge in [-0.15, -0.1) is 0 Å². The van der Waals surface area contributed by atoms with Gasteiger partial charge in [0.05, 0.1) is 11.0 Å². The topological polar surface area (TPSA) is 43.1 Å². The first-order valence-corrected chi connectivity index (χ1v) is 6.54. The Labute approximate surface area is 115 Å². The summed E-state index contributed by atoms with van der Waals surface area (Å²) >= 11 is 4.64. The van der Waals surface area contributed by atoms with Gasteiger partial charge in [-0.2, -0.15) is 0 Å². The third-order valence-corrected chi connectivity index (χ3v) is 4.13. The molecule has 0 aromatic heterocycles. The van der Waals surface area contributed by atoms with Gasteiger partial charge in [-0.3, -0.25) is 10.1 Å². The van der Waals surface area contributed by atoms with E-state index >= 15 is 0 Å². The van der Waals surface area contributed by atoms with Crippen LogP contribution in [0.15, 0.2) is 56.7 Å². The van der Waals surface area contributed by atoms with Gasteiger partial charge in [0, 0.05) is 20.3 Å². The molecule has 0 aliphatic rings. The molecular formula is C12H7BrFNO2S. The van der Waals surface area contributed by atoms with E-state index in [1.807, 2.05) is 24.3 Å². The molecule has 6 heteroatoms. The second kappa shape index (κ2) is 5.49. The number of benzene rings is 2. The molecule has 0 spiro atoms. The SMILES string of the molecule is O=[N+]([O-])c1cc(F)cc(Sc2ccccc2Br)c1. The summed E-state index contributed by atoms with van der Waals surface area (Å²) in [5, 5.41) is 10.6. The van der Waals surface area contributed by atoms with E-state index in [1.54, 1.807) is 0 Å². The zero-order valence-corrected chi connectivity index (χ0v) is 11.4. The molecule has 0 heterocycles. The van der Waals surface area contributed by atoms with Crippen LogP contribution in [0.3, 0.4) is 0 Å². The van der Waals surface area contributed by atoms with Crippen LogP contribution in [0.4, 0.5) is 10.1 Å². The van der Waals surface area contributed by atoms with E-state index in [-0.39, 0.29) is 5.69 Å². The molecule has 2 aromatic carbocycles. The number of nitro groups is 1. The second-order valence-electron chi connectivity index (χ2n) is 3.43. The molecule has 0 bridgehead atoms. The van der Waals surface area contributed by atoms with Crippen molar-refractivity contribution in [2.24, 2.45) is 0 Å². The maximum Gasteiger partial charge on any atom is 0.273 e. The van der Waals surface area contributed by atoms with Gasteiger partial charge in [-0.1, -0.05) is 23.9 Å². The van der Waals surface area contributed by atoms with Crippen LogP contribution in [0.1, 0.15) is 0 Å². The fourth-order valence-corrected chi connectivity index (χ4v) is 2.81. The van der Waals surface area contributed by atoms with E-state index in [2.05, 4.69) is 15.9 Å². The first-order valence-electron chi connectivity index (χ1n) is 4.93. The van der Waals surface area contributed by atoms with Crippen molar-refractivity contribution in [3.05, 3.63) is 62.9 Å². The van der Waals surface area contributed by atoms with E-state index in [9.17, 15) is 14.5 Å². The summed E-state index contributed by atoms with van der Waals surface area (Å²) in [7, 11) is 0. The molecule has 0 saturated carbocycles. The summed E-state index contributed by atoms with van der Waals surface area (Å²) in [6.07, 6.45) is 0. The Morgan fingerprint density at radius 3 is 2.61 bits per heavy atom. The van der Waals surface area contributed by atoms with Gasteiger partial charge in [0.2, 0.25) is 0 Å². The van der Waals surface area contributed by atoms with Crippen molar-refractivity contribution >= 4 is 33.4 Å². The summed E-state index contributed by atoms with van der Waals surface area (Å²) in [6, 6.07) is 11.0. The molecule has 18 heavy (non-hydrogen) atoms. The molecule has 0 radical (unpaired) electrons. The number of non-ortho nitro benzene ring substituents is 1. The predicted molar refractivity (Wildman–Crippen MR) is 71.3 cm³/mol. The number of nitrogens with zero attached hydrogens (tertiary/aromatic N) is 1. The van der Waals surface area contributed by atoms with E-state index in [0.29, 0.717) is 4.90 Å². The van der Waals surface area contributed by atoms with Crippen molar-refractivity contribution in [1.29, 1.82) is 0 Å². The van der Waals surface area contributed by atoms with Crippen molar-refractivity contribution in [2.45, 2.75) is 9.79 Å². The predicted octanol–water partition coefficient (Wildman–Crippen LogP) is 4.65. The van der Waals surface area contributed by atoms with Crippen molar-refractivity contribution < 1.29 is 9.31 Å². The largest absolute Gasteiger partial charge is 0.273 e. The Balaban J connectivity index is 2.35. The van der Waals surface area contributed by atoms with Crippen molar-refractivity contribution in [1.82, 2.24) is 0 Å². The maximum absolute atomic E-state index is 13.3. The lowest BCUT2D eigenvalue weighted by Crippen LogP contribution is -1.89. The Bertz CT molecular complexity index is 606. The smallest absolute Gasteiger partial charge is 0.258 e. The molecule has 0 fully saturated rings. The zero-order chi connectivity index (χ0) is 13.1. The molecule has 0 atom stereocenters. The fraction of sp³-hybridized carbons (Fsp3) is 0. The summed E-state index contributed by atoms with van der Waals surface area (Å²) in [5.74, 6) is -0.612. The van der Waals surface area contributed by atoms with Crippen LogP contribution in [0.2, 0.25) is 0 Å². The summed E-state index contributed by atoms with van der Waals surface area (Å²) in [5.41, 5.74) is -0.246. The highest BCUT2D eigenvalue weighted by Crippen LogP contribution is 2.35. The molecule has 92 valence electrons. The molecule has 0 unspecified atom stereocenters. The van der Waals surface area contributed by atoms with Crippen molar-refractivity contribution in [3.63, 3.8) is 0 Å². The van der Waals surface area contributed by atoms with Crippen LogP contribution in [0.5, 0.6) is 0 Å². The molecule has 0 saturated heterocycles. The summed E-state index contributed by atoms with van der Waals surface area (Å²) in [6.45, 7) is 0. The third-order valence-electron chi connectivity index (χ3n) is 2.13. The number of rotatable bonds is 3. The van der Waals surface area contributed by atoms with Gasteiger partial charge in [-0.05, 0) is 34.1 Å². The molecule has 3 nitrogen and oxygen atoms in total. The monoisotopic (exact) mass is 327 g/mol. The summed E-state index contributed by atoms with van der Waals surface area (Å²) in [4.78, 5) is 11.4. The van der Waals surface area contributed by atoms with Crippen LogP contribution in [0.25, 0.3) is 0 Å². The zero-order valence-electron chi connectivity index (χ0n) is 8.97. The highest BCUT2D eigenvalue weighted by Gasteiger charge is 2.11. The quantitative estimate of drug-likeness (QED) is 0.608. The highest BCUT2D eigenvalue weighted by molar-refractivity contribution is 9.10. The highest BCUT2D eigenvalue weighted by atomic mass is 79.9. The van der Waals surface area contributed by atoms with Crippen molar-refractivity contribution in [2.75, 3.05) is 0 Å². The number of hydrogen-bond donors (Lipinski definition) is 0. The van der Waals surface area contributed by atoms with Crippen LogP contribution in [-0.4, -0.2) is 4.92 Å². The van der Waals surface area contributed by atoms with Gasteiger partial charge >= 0.3 is 0 Å². The Hall–Kier alpha value is -1.40. The molecule has 0 amide bonds. The van der Waals surface area contributed by atoms with Gasteiger partial charge < -0.3 is 0 Å². The molecular weight excluding hydrogens is 321 g/mol. The van der Waals surface area contributed by atoms with E-state index in [4.69, 9.17) is 0 Å². The minimum atomic E-state index is -0.612. The summed E-state index contributed by atoms with van der Waals surface area (Å²) < 4.78 is 14.1. The lowest BCUT2D eigenvalue weighted by Gasteiger charge is -2.04. The van der Waals surface area contributed by atoms with Gasteiger partial charge in [0.15, 0.2) is 0 Å². The minimum absolute atomic E-state index is 0.246. The molecule has 0 N–H and O–H groups in total. The fourth-order valence-electron chi connectivity index (χ4n) is 1.37. The van der Waals surface area contributed by atoms with Gasteiger partial charge in [0.1, 0.15) is 5.82 Å². The third kappa shape index (κ3) is 3.08. The Kier molecular flexibility index (Phi) is 3.98. The molecule has 0 aliphatic carbocycles. The molecule has 2 rings (SSSR count).